The Morgan fingerprint density at radius 2 is 1.93 bits per heavy atom. The van der Waals surface area contributed by atoms with Gasteiger partial charge in [0, 0.05) is 24.1 Å². The largest absolute Gasteiger partial charge is 0.317 e. The highest BCUT2D eigenvalue weighted by Crippen LogP contribution is 2.29. The van der Waals surface area contributed by atoms with Crippen LogP contribution in [0.1, 0.15) is 25.7 Å². The van der Waals surface area contributed by atoms with E-state index in [4.69, 9.17) is 0 Å². The van der Waals surface area contributed by atoms with Crippen LogP contribution >= 0.6 is 11.8 Å². The molecule has 1 saturated heterocycles. The van der Waals surface area contributed by atoms with E-state index in [9.17, 15) is 0 Å². The van der Waals surface area contributed by atoms with Gasteiger partial charge in [0.1, 0.15) is 0 Å². The quantitative estimate of drug-likeness (QED) is 0.746. The normalized spacial score (nSPS) is 23.6. The van der Waals surface area contributed by atoms with E-state index in [-0.39, 0.29) is 0 Å². The molecule has 1 saturated carbocycles. The Kier molecular flexibility index (Phi) is 4.79. The van der Waals surface area contributed by atoms with Gasteiger partial charge in [-0.25, -0.2) is 0 Å². The number of piperidine rings is 1. The van der Waals surface area contributed by atoms with Crippen LogP contribution in [0.15, 0.2) is 0 Å². The highest BCUT2D eigenvalue weighted by molar-refractivity contribution is 7.99. The van der Waals surface area contributed by atoms with E-state index in [1.807, 2.05) is 0 Å². The van der Waals surface area contributed by atoms with Gasteiger partial charge in [-0.2, -0.15) is 11.8 Å². The first-order chi connectivity index (χ1) is 7.34. The first-order valence-corrected chi connectivity index (χ1v) is 7.40. The second-order valence-electron chi connectivity index (χ2n) is 5.03. The topological polar surface area (TPSA) is 15.3 Å². The van der Waals surface area contributed by atoms with Crippen LogP contribution in [-0.2, 0) is 0 Å². The van der Waals surface area contributed by atoms with E-state index >= 15 is 0 Å². The van der Waals surface area contributed by atoms with Crippen molar-refractivity contribution in [2.45, 2.75) is 30.9 Å². The molecule has 0 spiro atoms. The summed E-state index contributed by atoms with van der Waals surface area (Å²) in [6, 6.07) is 0. The minimum atomic E-state index is 0.931. The van der Waals surface area contributed by atoms with Gasteiger partial charge in [0.25, 0.3) is 0 Å². The van der Waals surface area contributed by atoms with Gasteiger partial charge in [-0.15, -0.1) is 0 Å². The van der Waals surface area contributed by atoms with Crippen molar-refractivity contribution in [1.82, 2.24) is 10.2 Å². The number of hydrogen-bond donors (Lipinski definition) is 1. The van der Waals surface area contributed by atoms with Crippen LogP contribution < -0.4 is 5.32 Å². The molecule has 0 bridgehead atoms. The van der Waals surface area contributed by atoms with E-state index in [0.717, 1.165) is 11.2 Å². The van der Waals surface area contributed by atoms with Crippen molar-refractivity contribution in [3.8, 4) is 0 Å². The number of nitrogens with zero attached hydrogens (tertiary/aromatic N) is 1. The van der Waals surface area contributed by atoms with Crippen LogP contribution in [0.25, 0.3) is 0 Å². The van der Waals surface area contributed by atoms with Crippen molar-refractivity contribution in [3.63, 3.8) is 0 Å². The summed E-state index contributed by atoms with van der Waals surface area (Å²) in [5, 5.41) is 4.36. The van der Waals surface area contributed by atoms with E-state index in [2.05, 4.69) is 29.0 Å². The lowest BCUT2D eigenvalue weighted by Gasteiger charge is -2.23. The molecule has 3 heteroatoms. The lowest BCUT2D eigenvalue weighted by molar-refractivity contribution is 0.340. The van der Waals surface area contributed by atoms with Gasteiger partial charge in [-0.1, -0.05) is 0 Å². The van der Waals surface area contributed by atoms with Crippen LogP contribution in [0, 0.1) is 5.92 Å². The third kappa shape index (κ3) is 4.75. The Morgan fingerprint density at radius 1 is 1.20 bits per heavy atom. The molecule has 2 nitrogen and oxygen atoms in total. The Bertz CT molecular complexity index is 176. The summed E-state index contributed by atoms with van der Waals surface area (Å²) in [5.41, 5.74) is 0. The molecule has 2 aliphatic rings. The molecule has 2 rings (SSSR count). The van der Waals surface area contributed by atoms with Crippen molar-refractivity contribution in [3.05, 3.63) is 0 Å². The van der Waals surface area contributed by atoms with Gasteiger partial charge in [0.05, 0.1) is 0 Å². The lowest BCUT2D eigenvalue weighted by atomic mass is 10.2. The summed E-state index contributed by atoms with van der Waals surface area (Å²) < 4.78 is 0. The van der Waals surface area contributed by atoms with Crippen molar-refractivity contribution in [1.29, 1.82) is 0 Å². The molecular weight excluding hydrogens is 204 g/mol. The lowest BCUT2D eigenvalue weighted by Crippen LogP contribution is -2.30. The second-order valence-corrected chi connectivity index (χ2v) is 6.43. The molecule has 0 atom stereocenters. The Hall–Kier alpha value is 0.270. The third-order valence-electron chi connectivity index (χ3n) is 3.38. The maximum absolute atomic E-state index is 3.42. The molecular formula is C12H24N2S. The van der Waals surface area contributed by atoms with Crippen molar-refractivity contribution in [2.75, 3.05) is 39.0 Å². The number of nitrogens with one attached hydrogen (secondary N) is 1. The maximum atomic E-state index is 3.42. The standard InChI is InChI=1S/C12H24N2S/c1-14(10-11-2-3-11)8-9-15-12-4-6-13-7-5-12/h11-13H,2-10H2,1H3. The monoisotopic (exact) mass is 228 g/mol. The zero-order chi connectivity index (χ0) is 10.5. The van der Waals surface area contributed by atoms with E-state index in [1.165, 1.54) is 57.6 Å². The number of hydrogen-bond acceptors (Lipinski definition) is 3. The summed E-state index contributed by atoms with van der Waals surface area (Å²) in [4.78, 5) is 2.52. The van der Waals surface area contributed by atoms with Gasteiger partial charge in [0.2, 0.25) is 0 Å². The molecule has 0 unspecified atom stereocenters. The fourth-order valence-corrected chi connectivity index (χ4v) is 3.49. The van der Waals surface area contributed by atoms with Gasteiger partial charge in [-0.05, 0) is 51.7 Å². The zero-order valence-corrected chi connectivity index (χ0v) is 10.7. The van der Waals surface area contributed by atoms with Crippen molar-refractivity contribution in [2.24, 2.45) is 5.92 Å². The summed E-state index contributed by atoms with van der Waals surface area (Å²) >= 11 is 2.19. The Morgan fingerprint density at radius 3 is 2.60 bits per heavy atom. The highest BCUT2D eigenvalue weighted by atomic mass is 32.2. The molecule has 0 amide bonds. The summed E-state index contributed by atoms with van der Waals surface area (Å²) in [6.07, 6.45) is 5.70. The fourth-order valence-electron chi connectivity index (χ4n) is 2.17. The van der Waals surface area contributed by atoms with Gasteiger partial charge in [0.15, 0.2) is 0 Å². The molecule has 1 N–H and O–H groups in total. The van der Waals surface area contributed by atoms with Gasteiger partial charge < -0.3 is 10.2 Å². The van der Waals surface area contributed by atoms with Crippen LogP contribution in [0.2, 0.25) is 0 Å². The van der Waals surface area contributed by atoms with Crippen LogP contribution in [-0.4, -0.2) is 49.1 Å². The molecule has 0 radical (unpaired) electrons. The molecule has 2 fully saturated rings. The van der Waals surface area contributed by atoms with Gasteiger partial charge >= 0.3 is 0 Å². The Labute approximate surface area is 98.2 Å². The third-order valence-corrected chi connectivity index (χ3v) is 4.74. The molecule has 0 aromatic heterocycles. The molecule has 88 valence electrons. The average Bonchev–Trinajstić information content (AvgIpc) is 3.03. The van der Waals surface area contributed by atoms with Crippen LogP contribution in [0.3, 0.4) is 0 Å². The summed E-state index contributed by atoms with van der Waals surface area (Å²) in [7, 11) is 2.28. The predicted molar refractivity (Wildman–Crippen MR) is 68.6 cm³/mol. The maximum Gasteiger partial charge on any atom is 0.00716 e. The highest BCUT2D eigenvalue weighted by Gasteiger charge is 2.22. The van der Waals surface area contributed by atoms with Crippen molar-refractivity contribution >= 4 is 11.8 Å². The summed E-state index contributed by atoms with van der Waals surface area (Å²) in [6.45, 7) is 5.09. The molecule has 1 aliphatic heterocycles. The first-order valence-electron chi connectivity index (χ1n) is 6.35. The van der Waals surface area contributed by atoms with Gasteiger partial charge in [-0.3, -0.25) is 0 Å². The van der Waals surface area contributed by atoms with Crippen LogP contribution in [0.5, 0.6) is 0 Å². The number of thioether (sulfide) groups is 1. The average molecular weight is 228 g/mol. The molecule has 15 heavy (non-hydrogen) atoms. The minimum Gasteiger partial charge on any atom is -0.317 e. The smallest absolute Gasteiger partial charge is 0.00716 e. The molecule has 1 heterocycles. The minimum absolute atomic E-state index is 0.931. The number of rotatable bonds is 6. The van der Waals surface area contributed by atoms with E-state index in [0.29, 0.717) is 0 Å². The Balaban J connectivity index is 1.49. The second kappa shape index (κ2) is 6.12. The van der Waals surface area contributed by atoms with E-state index < -0.39 is 0 Å². The zero-order valence-electron chi connectivity index (χ0n) is 9.87. The molecule has 1 aliphatic carbocycles. The summed E-state index contributed by atoms with van der Waals surface area (Å²) in [5.74, 6) is 2.37. The fraction of sp³-hybridized carbons (Fsp3) is 1.00. The molecule has 0 aromatic rings. The predicted octanol–water partition coefficient (Wildman–Crippen LogP) is 1.81. The van der Waals surface area contributed by atoms with Crippen molar-refractivity contribution < 1.29 is 0 Å². The SMILES string of the molecule is CN(CCSC1CCNCC1)CC1CC1. The van der Waals surface area contributed by atoms with Crippen LogP contribution in [0.4, 0.5) is 0 Å². The molecule has 0 aromatic carbocycles. The van der Waals surface area contributed by atoms with E-state index in [1.54, 1.807) is 0 Å². The first kappa shape index (κ1) is 11.7.